The maximum absolute atomic E-state index is 13.9. The monoisotopic (exact) mass is 267 g/mol. The maximum atomic E-state index is 13.9. The Hall–Kier alpha value is -1.69. The Kier molecular flexibility index (Phi) is 3.99. The average Bonchev–Trinajstić information content (AvgIpc) is 2.84. The van der Waals surface area contributed by atoms with Gasteiger partial charge in [0.05, 0.1) is 11.2 Å². The Morgan fingerprint density at radius 3 is 3.05 bits per heavy atom. The van der Waals surface area contributed by atoms with E-state index in [9.17, 15) is 9.18 Å². The van der Waals surface area contributed by atoms with Gasteiger partial charge in [0.2, 0.25) is 0 Å². The summed E-state index contributed by atoms with van der Waals surface area (Å²) in [6.07, 6.45) is 3.28. The van der Waals surface area contributed by atoms with Gasteiger partial charge in [-0.2, -0.15) is 0 Å². The molecule has 2 N–H and O–H groups in total. The van der Waals surface area contributed by atoms with Gasteiger partial charge in [-0.15, -0.1) is 0 Å². The smallest absolute Gasteiger partial charge is 0.254 e. The van der Waals surface area contributed by atoms with Crippen LogP contribution in [0.15, 0.2) is 12.3 Å². The number of carbonyl (C=O) groups is 1. The fourth-order valence-corrected chi connectivity index (χ4v) is 2.13. The van der Waals surface area contributed by atoms with Crippen LogP contribution in [0.5, 0.6) is 0 Å². The molecule has 1 amide bonds. The van der Waals surface area contributed by atoms with Crippen molar-refractivity contribution in [3.8, 4) is 0 Å². The zero-order valence-corrected chi connectivity index (χ0v) is 11.1. The van der Waals surface area contributed by atoms with Crippen LogP contribution >= 0.6 is 0 Å². The number of nitrogens with zero attached hydrogens (tertiary/aromatic N) is 1. The minimum Gasteiger partial charge on any atom is -0.373 e. The molecule has 1 fully saturated rings. The molecule has 0 bridgehead atoms. The summed E-state index contributed by atoms with van der Waals surface area (Å²) in [5, 5.41) is 5.32. The summed E-state index contributed by atoms with van der Waals surface area (Å²) in [6.45, 7) is 3.03. The van der Waals surface area contributed by atoms with E-state index in [1.54, 1.807) is 7.05 Å². The van der Waals surface area contributed by atoms with Crippen LogP contribution in [-0.4, -0.2) is 36.7 Å². The molecule has 2 heterocycles. The van der Waals surface area contributed by atoms with E-state index in [1.165, 1.54) is 12.3 Å². The van der Waals surface area contributed by atoms with Crippen LogP contribution in [0.4, 0.5) is 10.2 Å². The summed E-state index contributed by atoms with van der Waals surface area (Å²) in [7, 11) is 1.56. The van der Waals surface area contributed by atoms with E-state index in [0.717, 1.165) is 12.8 Å². The molecule has 0 aromatic carbocycles. The highest BCUT2D eigenvalue weighted by Gasteiger charge is 2.30. The first kappa shape index (κ1) is 13.7. The third-order valence-corrected chi connectivity index (χ3v) is 3.29. The minimum atomic E-state index is -0.639. The highest BCUT2D eigenvalue weighted by molar-refractivity contribution is 5.95. The molecule has 1 aromatic rings. The van der Waals surface area contributed by atoms with Gasteiger partial charge in [0.25, 0.3) is 5.91 Å². The maximum Gasteiger partial charge on any atom is 0.254 e. The lowest BCUT2D eigenvalue weighted by Gasteiger charge is -2.23. The summed E-state index contributed by atoms with van der Waals surface area (Å²) in [6, 6.07) is 1.36. The summed E-state index contributed by atoms with van der Waals surface area (Å²) < 4.78 is 19.5. The van der Waals surface area contributed by atoms with Crippen molar-refractivity contribution in [1.82, 2.24) is 10.3 Å². The predicted octanol–water partition coefficient (Wildman–Crippen LogP) is 1.56. The van der Waals surface area contributed by atoms with Gasteiger partial charge in [-0.3, -0.25) is 4.79 Å². The summed E-state index contributed by atoms with van der Waals surface area (Å²) in [5.41, 5.74) is -0.355. The van der Waals surface area contributed by atoms with E-state index in [0.29, 0.717) is 13.2 Å². The zero-order chi connectivity index (χ0) is 13.9. The fraction of sp³-hybridized carbons (Fsp3) is 0.538. The number of halogens is 1. The first-order valence-electron chi connectivity index (χ1n) is 6.30. The third kappa shape index (κ3) is 3.01. The van der Waals surface area contributed by atoms with E-state index in [2.05, 4.69) is 15.6 Å². The highest BCUT2D eigenvalue weighted by Crippen LogP contribution is 2.24. The Morgan fingerprint density at radius 1 is 1.63 bits per heavy atom. The normalized spacial score (nSPS) is 22.3. The first-order valence-corrected chi connectivity index (χ1v) is 6.30. The second-order valence-electron chi connectivity index (χ2n) is 4.86. The zero-order valence-electron chi connectivity index (χ0n) is 11.1. The Morgan fingerprint density at radius 2 is 2.42 bits per heavy atom. The molecule has 19 heavy (non-hydrogen) atoms. The molecule has 1 aliphatic heterocycles. The molecule has 104 valence electrons. The van der Waals surface area contributed by atoms with Gasteiger partial charge in [-0.25, -0.2) is 9.37 Å². The van der Waals surface area contributed by atoms with Crippen LogP contribution in [0, 0.1) is 5.82 Å². The van der Waals surface area contributed by atoms with E-state index in [4.69, 9.17) is 4.74 Å². The van der Waals surface area contributed by atoms with Crippen molar-refractivity contribution in [3.63, 3.8) is 0 Å². The number of aromatic nitrogens is 1. The van der Waals surface area contributed by atoms with Crippen molar-refractivity contribution < 1.29 is 13.9 Å². The van der Waals surface area contributed by atoms with Gasteiger partial charge >= 0.3 is 0 Å². The molecule has 5 nitrogen and oxygen atoms in total. The second kappa shape index (κ2) is 5.52. The van der Waals surface area contributed by atoms with E-state index in [-0.39, 0.29) is 17.0 Å². The fourth-order valence-electron chi connectivity index (χ4n) is 2.13. The summed E-state index contributed by atoms with van der Waals surface area (Å²) in [5.74, 6) is -1.02. The average molecular weight is 267 g/mol. The number of pyridine rings is 1. The molecule has 6 heteroatoms. The van der Waals surface area contributed by atoms with Crippen molar-refractivity contribution in [2.75, 3.05) is 25.5 Å². The number of anilines is 1. The lowest BCUT2D eigenvalue weighted by molar-refractivity contribution is 0.0205. The van der Waals surface area contributed by atoms with Gasteiger partial charge in [-0.1, -0.05) is 0 Å². The molecule has 0 radical (unpaired) electrons. The van der Waals surface area contributed by atoms with E-state index in [1.807, 2.05) is 6.92 Å². The van der Waals surface area contributed by atoms with Crippen LogP contribution in [0.3, 0.4) is 0 Å². The summed E-state index contributed by atoms with van der Waals surface area (Å²) in [4.78, 5) is 15.8. The molecule has 1 atom stereocenters. The van der Waals surface area contributed by atoms with Gasteiger partial charge in [0.1, 0.15) is 0 Å². The number of hydrogen-bond acceptors (Lipinski definition) is 4. The van der Waals surface area contributed by atoms with Crippen LogP contribution in [0.25, 0.3) is 0 Å². The van der Waals surface area contributed by atoms with Gasteiger partial charge < -0.3 is 15.4 Å². The molecule has 0 saturated carbocycles. The molecule has 1 aromatic heterocycles. The molecule has 0 spiro atoms. The lowest BCUT2D eigenvalue weighted by Crippen LogP contribution is -2.40. The van der Waals surface area contributed by atoms with Gasteiger partial charge in [0.15, 0.2) is 11.6 Å². The largest absolute Gasteiger partial charge is 0.373 e. The number of hydrogen-bond donors (Lipinski definition) is 2. The number of amides is 1. The quantitative estimate of drug-likeness (QED) is 0.869. The van der Waals surface area contributed by atoms with Crippen LogP contribution in [-0.2, 0) is 4.74 Å². The van der Waals surface area contributed by atoms with Crippen molar-refractivity contribution in [1.29, 1.82) is 0 Å². The van der Waals surface area contributed by atoms with Crippen molar-refractivity contribution in [3.05, 3.63) is 23.6 Å². The predicted molar refractivity (Wildman–Crippen MR) is 69.7 cm³/mol. The number of ether oxygens (including phenoxy) is 1. The number of nitrogens with one attached hydrogen (secondary N) is 2. The molecule has 1 saturated heterocycles. The number of carbonyl (C=O) groups excluding carboxylic acids is 1. The van der Waals surface area contributed by atoms with Crippen LogP contribution in [0.2, 0.25) is 0 Å². The standard InChI is InChI=1S/C13H18FN3O2/c1-13(5-3-7-19-13)8-17-12(18)9-4-6-16-11(15-2)10(9)14/h4,6H,3,5,7-8H2,1-2H3,(H,15,16)(H,17,18). The van der Waals surface area contributed by atoms with Crippen molar-refractivity contribution in [2.24, 2.45) is 0 Å². The van der Waals surface area contributed by atoms with Crippen LogP contribution < -0.4 is 10.6 Å². The van der Waals surface area contributed by atoms with Crippen molar-refractivity contribution in [2.45, 2.75) is 25.4 Å². The second-order valence-corrected chi connectivity index (χ2v) is 4.86. The van der Waals surface area contributed by atoms with E-state index < -0.39 is 11.7 Å². The first-order chi connectivity index (χ1) is 9.06. The Bertz CT molecular complexity index is 473. The Balaban J connectivity index is 2.04. The molecular weight excluding hydrogens is 249 g/mol. The topological polar surface area (TPSA) is 63.2 Å². The molecular formula is C13H18FN3O2. The van der Waals surface area contributed by atoms with E-state index >= 15 is 0 Å². The number of rotatable bonds is 4. The van der Waals surface area contributed by atoms with Gasteiger partial charge in [0, 0.05) is 26.4 Å². The highest BCUT2D eigenvalue weighted by atomic mass is 19.1. The molecule has 2 rings (SSSR count). The molecule has 1 unspecified atom stereocenters. The molecule has 1 aliphatic rings. The van der Waals surface area contributed by atoms with Crippen molar-refractivity contribution >= 4 is 11.7 Å². The Labute approximate surface area is 111 Å². The SMILES string of the molecule is CNc1nccc(C(=O)NCC2(C)CCCO2)c1F. The lowest BCUT2D eigenvalue weighted by atomic mass is 10.0. The third-order valence-electron chi connectivity index (χ3n) is 3.29. The van der Waals surface area contributed by atoms with Crippen LogP contribution in [0.1, 0.15) is 30.1 Å². The van der Waals surface area contributed by atoms with Gasteiger partial charge in [-0.05, 0) is 25.8 Å². The summed E-state index contributed by atoms with van der Waals surface area (Å²) >= 11 is 0. The molecule has 0 aliphatic carbocycles. The minimum absolute atomic E-state index is 0.0130.